The molecule has 1 heterocycles. The molecule has 0 saturated heterocycles. The van der Waals surface area contributed by atoms with E-state index in [0.717, 1.165) is 37.0 Å². The van der Waals surface area contributed by atoms with Crippen molar-refractivity contribution >= 4 is 0 Å². The number of aromatic nitrogens is 2. The molecule has 0 aromatic carbocycles. The van der Waals surface area contributed by atoms with Crippen LogP contribution in [0.3, 0.4) is 0 Å². The third-order valence-electron chi connectivity index (χ3n) is 6.26. The maximum atomic E-state index is 11.8. The molecule has 4 bridgehead atoms. The number of H-pyrrole nitrogens is 1. The summed E-state index contributed by atoms with van der Waals surface area (Å²) in [5.41, 5.74) is -0.496. The summed E-state index contributed by atoms with van der Waals surface area (Å²) in [4.78, 5) is 18.2. The number of aliphatic hydroxyl groups is 1. The minimum atomic E-state index is -0.781. The molecule has 0 spiro atoms. The van der Waals surface area contributed by atoms with Crippen LogP contribution < -0.4 is 20.5 Å². The van der Waals surface area contributed by atoms with Gasteiger partial charge < -0.3 is 14.6 Å². The molecule has 1 unspecified atom stereocenters. The molecule has 7 heteroatoms. The predicted molar refractivity (Wildman–Crippen MR) is 105 cm³/mol. The minimum Gasteiger partial charge on any atom is -0.478 e. The largest absolute Gasteiger partial charge is 0.478 e. The van der Waals surface area contributed by atoms with Crippen LogP contribution in [-0.4, -0.2) is 40.1 Å². The fourth-order valence-electron chi connectivity index (χ4n) is 5.71. The monoisotopic (exact) mass is 391 g/mol. The second kappa shape index (κ2) is 7.34. The molecule has 5 rings (SSSR count). The van der Waals surface area contributed by atoms with Gasteiger partial charge in [0.15, 0.2) is 5.88 Å². The van der Waals surface area contributed by atoms with E-state index in [1.165, 1.54) is 19.3 Å². The fraction of sp³-hybridized carbons (Fsp3) is 0.810. The zero-order valence-corrected chi connectivity index (χ0v) is 17.2. The lowest BCUT2D eigenvalue weighted by Gasteiger charge is -2.57. The molecule has 0 aliphatic heterocycles. The number of nitrogens with one attached hydrogen (secondary N) is 2. The van der Waals surface area contributed by atoms with Crippen LogP contribution in [0.15, 0.2) is 10.9 Å². The molecule has 1 atom stereocenters. The number of hydrogen-bond acceptors (Lipinski definition) is 6. The van der Waals surface area contributed by atoms with Crippen molar-refractivity contribution in [1.29, 1.82) is 0 Å². The Balaban J connectivity index is 1.33. The van der Waals surface area contributed by atoms with E-state index in [-0.39, 0.29) is 23.4 Å². The van der Waals surface area contributed by atoms with Crippen molar-refractivity contribution in [2.24, 2.45) is 23.2 Å². The first-order valence-electron chi connectivity index (χ1n) is 10.5. The number of aromatic amines is 1. The zero-order valence-electron chi connectivity index (χ0n) is 17.2. The molecule has 4 aliphatic carbocycles. The van der Waals surface area contributed by atoms with E-state index >= 15 is 0 Å². The fourth-order valence-corrected chi connectivity index (χ4v) is 5.71. The smallest absolute Gasteiger partial charge is 0.351 e. The van der Waals surface area contributed by atoms with Gasteiger partial charge in [0.2, 0.25) is 5.88 Å². The van der Waals surface area contributed by atoms with Gasteiger partial charge in [-0.25, -0.2) is 4.79 Å². The Morgan fingerprint density at radius 3 is 2.39 bits per heavy atom. The molecule has 1 aromatic rings. The molecule has 1 aromatic heterocycles. The van der Waals surface area contributed by atoms with Crippen LogP contribution in [-0.2, 0) is 0 Å². The number of nitrogens with zero attached hydrogens (tertiary/aromatic N) is 1. The lowest BCUT2D eigenvalue weighted by Crippen LogP contribution is -2.61. The Morgan fingerprint density at radius 2 is 1.82 bits per heavy atom. The van der Waals surface area contributed by atoms with Crippen LogP contribution in [0.1, 0.15) is 59.3 Å². The van der Waals surface area contributed by atoms with Gasteiger partial charge in [0.05, 0.1) is 12.7 Å². The Morgan fingerprint density at radius 1 is 1.21 bits per heavy atom. The SMILES string of the molecule is CC(C)(C)COc1cc(OCC(O)NC23CC4CC(CC(C4)C2)C3)nc(=O)[nH]1. The lowest BCUT2D eigenvalue weighted by atomic mass is 9.53. The third-order valence-corrected chi connectivity index (χ3v) is 6.26. The second-order valence-electron chi connectivity index (χ2n) is 10.4. The Hall–Kier alpha value is -1.60. The van der Waals surface area contributed by atoms with Crippen molar-refractivity contribution in [1.82, 2.24) is 15.3 Å². The summed E-state index contributed by atoms with van der Waals surface area (Å²) in [6.45, 7) is 6.67. The first-order chi connectivity index (χ1) is 13.2. The quantitative estimate of drug-likeness (QED) is 0.618. The maximum absolute atomic E-state index is 11.8. The topological polar surface area (TPSA) is 96.5 Å². The van der Waals surface area contributed by atoms with Gasteiger partial charge in [-0.3, -0.25) is 10.3 Å². The Labute approximate surface area is 166 Å². The molecule has 4 saturated carbocycles. The van der Waals surface area contributed by atoms with Crippen LogP contribution in [0, 0.1) is 23.2 Å². The minimum absolute atomic E-state index is 0.0286. The molecular weight excluding hydrogens is 358 g/mol. The first-order valence-corrected chi connectivity index (χ1v) is 10.5. The molecule has 3 N–H and O–H groups in total. The van der Waals surface area contributed by atoms with E-state index in [1.807, 2.05) is 0 Å². The van der Waals surface area contributed by atoms with Crippen molar-refractivity contribution in [3.8, 4) is 11.8 Å². The zero-order chi connectivity index (χ0) is 19.9. The molecule has 0 radical (unpaired) electrons. The number of rotatable bonds is 7. The molecule has 28 heavy (non-hydrogen) atoms. The number of hydrogen-bond donors (Lipinski definition) is 3. The molecular formula is C21H33N3O4. The Bertz CT molecular complexity index is 719. The predicted octanol–water partition coefficient (Wildman–Crippen LogP) is 2.45. The van der Waals surface area contributed by atoms with Crippen molar-refractivity contribution in [2.45, 2.75) is 71.1 Å². The Kier molecular flexibility index (Phi) is 5.16. The summed E-state index contributed by atoms with van der Waals surface area (Å²) < 4.78 is 11.2. The molecule has 156 valence electrons. The van der Waals surface area contributed by atoms with E-state index in [4.69, 9.17) is 9.47 Å². The highest BCUT2D eigenvalue weighted by atomic mass is 16.5. The van der Waals surface area contributed by atoms with Crippen LogP contribution in [0.25, 0.3) is 0 Å². The van der Waals surface area contributed by atoms with Gasteiger partial charge in [-0.05, 0) is 61.7 Å². The van der Waals surface area contributed by atoms with Crippen molar-refractivity contribution in [3.63, 3.8) is 0 Å². The van der Waals surface area contributed by atoms with E-state index in [9.17, 15) is 9.90 Å². The molecule has 4 fully saturated rings. The van der Waals surface area contributed by atoms with Gasteiger partial charge in [-0.15, -0.1) is 0 Å². The van der Waals surface area contributed by atoms with Gasteiger partial charge in [0.1, 0.15) is 12.8 Å². The van der Waals surface area contributed by atoms with E-state index in [0.29, 0.717) is 12.5 Å². The van der Waals surface area contributed by atoms with Gasteiger partial charge in [-0.1, -0.05) is 20.8 Å². The molecule has 7 nitrogen and oxygen atoms in total. The normalized spacial score (nSPS) is 32.4. The third kappa shape index (κ3) is 4.69. The highest BCUT2D eigenvalue weighted by molar-refractivity contribution is 5.18. The van der Waals surface area contributed by atoms with Gasteiger partial charge >= 0.3 is 5.69 Å². The van der Waals surface area contributed by atoms with Crippen molar-refractivity contribution in [2.75, 3.05) is 13.2 Å². The van der Waals surface area contributed by atoms with Gasteiger partial charge in [-0.2, -0.15) is 4.98 Å². The van der Waals surface area contributed by atoms with Crippen LogP contribution in [0.5, 0.6) is 11.8 Å². The lowest BCUT2D eigenvalue weighted by molar-refractivity contribution is -0.0558. The summed E-state index contributed by atoms with van der Waals surface area (Å²) in [5.74, 6) is 2.92. The highest BCUT2D eigenvalue weighted by Gasteiger charge is 2.51. The first kappa shape index (κ1) is 19.7. The average molecular weight is 392 g/mol. The summed E-state index contributed by atoms with van der Waals surface area (Å²) in [6, 6.07) is 1.56. The van der Waals surface area contributed by atoms with Gasteiger partial charge in [0, 0.05) is 5.54 Å². The average Bonchev–Trinajstić information content (AvgIpc) is 2.55. The molecule has 0 amide bonds. The van der Waals surface area contributed by atoms with E-state index < -0.39 is 11.9 Å². The van der Waals surface area contributed by atoms with E-state index in [1.54, 1.807) is 6.07 Å². The van der Waals surface area contributed by atoms with Crippen LogP contribution in [0.4, 0.5) is 0 Å². The maximum Gasteiger partial charge on any atom is 0.351 e. The van der Waals surface area contributed by atoms with Crippen molar-refractivity contribution in [3.05, 3.63) is 16.6 Å². The van der Waals surface area contributed by atoms with E-state index in [2.05, 4.69) is 36.1 Å². The summed E-state index contributed by atoms with van der Waals surface area (Å²) >= 11 is 0. The van der Waals surface area contributed by atoms with Crippen molar-refractivity contribution < 1.29 is 14.6 Å². The summed E-state index contributed by atoms with van der Waals surface area (Å²) in [7, 11) is 0. The standard InChI is InChI=1S/C21H33N3O4/c1-20(2,3)12-28-18-7-17(22-19(26)23-18)27-11-16(25)24-21-8-13-4-14(9-21)6-15(5-13)10-21/h7,13-16,24-25H,4-6,8-12H2,1-3H3,(H,22,23,26). The molecule has 4 aliphatic rings. The summed E-state index contributed by atoms with van der Waals surface area (Å²) in [6.07, 6.45) is 6.78. The summed E-state index contributed by atoms with van der Waals surface area (Å²) in [5, 5.41) is 14.0. The highest BCUT2D eigenvalue weighted by Crippen LogP contribution is 2.55. The number of aliphatic hydroxyl groups excluding tert-OH is 1. The second-order valence-corrected chi connectivity index (χ2v) is 10.4. The van der Waals surface area contributed by atoms with Crippen LogP contribution in [0.2, 0.25) is 0 Å². The van der Waals surface area contributed by atoms with Crippen LogP contribution >= 0.6 is 0 Å². The number of ether oxygens (including phenoxy) is 2. The van der Waals surface area contributed by atoms with Gasteiger partial charge in [0.25, 0.3) is 0 Å².